The van der Waals surface area contributed by atoms with E-state index in [1.54, 1.807) is 48.5 Å². The van der Waals surface area contributed by atoms with E-state index in [2.05, 4.69) is 41.2 Å². The van der Waals surface area contributed by atoms with Crippen molar-refractivity contribution < 1.29 is 41.8 Å². The largest absolute Gasteiger partial charge is 0.494 e. The molecule has 0 saturated carbocycles. The zero-order valence-corrected chi connectivity index (χ0v) is 34.5. The highest BCUT2D eigenvalue weighted by Crippen LogP contribution is 2.44. The molecule has 5 aromatic carbocycles. The molecular weight excluding hydrogens is 844 g/mol. The van der Waals surface area contributed by atoms with E-state index in [1.165, 1.54) is 30.3 Å². The van der Waals surface area contributed by atoms with Crippen molar-refractivity contribution in [2.45, 2.75) is 25.1 Å². The van der Waals surface area contributed by atoms with Gasteiger partial charge in [0, 0.05) is 54.2 Å². The van der Waals surface area contributed by atoms with Gasteiger partial charge in [-0.25, -0.2) is 9.78 Å². The molecule has 0 bridgehead atoms. The minimum absolute atomic E-state index is 0.0294. The van der Waals surface area contributed by atoms with Gasteiger partial charge in [-0.3, -0.25) is 9.59 Å². The first-order chi connectivity index (χ1) is 31.5. The summed E-state index contributed by atoms with van der Waals surface area (Å²) in [5.41, 5.74) is 12.9. The lowest BCUT2D eigenvalue weighted by Crippen LogP contribution is -2.34. The van der Waals surface area contributed by atoms with Gasteiger partial charge in [0.15, 0.2) is 0 Å². The van der Waals surface area contributed by atoms with Crippen molar-refractivity contribution in [3.63, 3.8) is 0 Å². The van der Waals surface area contributed by atoms with Crippen LogP contribution in [-0.2, 0) is 17.5 Å². The number of aromatic nitrogens is 1. The van der Waals surface area contributed by atoms with E-state index in [4.69, 9.17) is 19.7 Å². The second-order valence-electron chi connectivity index (χ2n) is 14.4. The van der Waals surface area contributed by atoms with Crippen LogP contribution in [0.25, 0.3) is 21.6 Å². The molecule has 0 saturated heterocycles. The summed E-state index contributed by atoms with van der Waals surface area (Å²) >= 11 is 0. The number of halogens is 3. The lowest BCUT2D eigenvalue weighted by molar-refractivity contribution is -0.141. The summed E-state index contributed by atoms with van der Waals surface area (Å²) in [7, 11) is 0. The van der Waals surface area contributed by atoms with Gasteiger partial charge in [-0.2, -0.15) is 23.4 Å². The first-order valence-electron chi connectivity index (χ1n) is 20.3. The molecular formula is C47H40F3N9O6. The molecule has 1 aliphatic carbocycles. The first kappa shape index (κ1) is 44.8. The second-order valence-corrected chi connectivity index (χ2v) is 14.4. The summed E-state index contributed by atoms with van der Waals surface area (Å²) in [6.45, 7) is 0.645. The Morgan fingerprint density at radius 2 is 1.34 bits per heavy atom. The Hall–Kier alpha value is -8.24. The standard InChI is InChI=1S/C47H40F3N9O6/c48-47(49,50)42-25-30(28-54-46(62)64-29-41-39-11-3-1-9-37(39)38-10-2-4-12-40(38)41)26-43(56-42)65-36-8-5-7-32(27-36)45(61)53-23-22-52-44(60)31-13-15-33(16-14-31)57-58-34-17-19-35(20-18-34)63-24-6-21-55-59-51/h1-5,7-20,25-27,41H,6,21-24,28-29H2,(H,52,60)(H,53,61)(H,54,62)/b58-57+. The van der Waals surface area contributed by atoms with Crippen LogP contribution in [0.5, 0.6) is 17.4 Å². The molecule has 1 aliphatic rings. The molecule has 7 rings (SSSR count). The number of alkyl carbamates (subject to hydrolysis) is 1. The highest BCUT2D eigenvalue weighted by molar-refractivity contribution is 5.95. The Kier molecular flexibility index (Phi) is 14.6. The van der Waals surface area contributed by atoms with Crippen molar-refractivity contribution in [2.24, 2.45) is 15.3 Å². The third-order valence-electron chi connectivity index (χ3n) is 9.93. The van der Waals surface area contributed by atoms with Crippen LogP contribution in [0.15, 0.2) is 149 Å². The van der Waals surface area contributed by atoms with E-state index < -0.39 is 29.8 Å². The molecule has 0 fully saturated rings. The SMILES string of the molecule is [N-]=[N+]=NCCCOc1ccc(/N=N/c2ccc(C(=O)NCCNC(=O)c3cccc(Oc4cc(CNC(=O)OCC5c6ccccc6-c6ccccc65)cc(C(F)(F)F)n4)c3)cc2)cc1. The summed E-state index contributed by atoms with van der Waals surface area (Å²) in [5, 5.41) is 19.8. The number of nitrogens with one attached hydrogen (secondary N) is 3. The molecule has 330 valence electrons. The number of azide groups is 1. The summed E-state index contributed by atoms with van der Waals surface area (Å²) in [4.78, 5) is 44.8. The Bertz CT molecular complexity index is 2680. The van der Waals surface area contributed by atoms with Gasteiger partial charge in [-0.1, -0.05) is 59.7 Å². The van der Waals surface area contributed by atoms with Crippen molar-refractivity contribution >= 4 is 29.3 Å². The number of azo groups is 1. The average molecular weight is 884 g/mol. The van der Waals surface area contributed by atoms with Gasteiger partial charge in [-0.05, 0) is 113 Å². The Morgan fingerprint density at radius 3 is 1.98 bits per heavy atom. The third-order valence-corrected chi connectivity index (χ3v) is 9.93. The number of ether oxygens (including phenoxy) is 3. The van der Waals surface area contributed by atoms with Crippen LogP contribution in [0.2, 0.25) is 0 Å². The number of amides is 3. The van der Waals surface area contributed by atoms with E-state index in [0.29, 0.717) is 42.3 Å². The third kappa shape index (κ3) is 12.2. The van der Waals surface area contributed by atoms with Crippen LogP contribution in [0, 0.1) is 0 Å². The van der Waals surface area contributed by atoms with Crippen molar-refractivity contribution in [1.29, 1.82) is 0 Å². The number of alkyl halides is 3. The number of pyridine rings is 1. The maximum absolute atomic E-state index is 13.9. The Labute approximate surface area is 370 Å². The number of hydrogen-bond donors (Lipinski definition) is 3. The smallest absolute Gasteiger partial charge is 0.433 e. The van der Waals surface area contributed by atoms with E-state index >= 15 is 0 Å². The number of carbonyl (C=O) groups is 3. The van der Waals surface area contributed by atoms with Gasteiger partial charge in [-0.15, -0.1) is 0 Å². The van der Waals surface area contributed by atoms with Gasteiger partial charge in [0.2, 0.25) is 5.88 Å². The Morgan fingerprint density at radius 1 is 0.708 bits per heavy atom. The number of hydrogen-bond acceptors (Lipinski definition) is 10. The number of rotatable bonds is 18. The molecule has 0 atom stereocenters. The topological polar surface area (TPSA) is 201 Å². The Balaban J connectivity index is 0.866. The van der Waals surface area contributed by atoms with E-state index in [0.717, 1.165) is 28.3 Å². The van der Waals surface area contributed by atoms with Crippen molar-refractivity contribution in [2.75, 3.05) is 32.8 Å². The lowest BCUT2D eigenvalue weighted by atomic mass is 9.98. The molecule has 3 amide bonds. The van der Waals surface area contributed by atoms with Gasteiger partial charge < -0.3 is 30.2 Å². The van der Waals surface area contributed by atoms with Gasteiger partial charge in [0.1, 0.15) is 23.8 Å². The van der Waals surface area contributed by atoms with Crippen LogP contribution in [0.4, 0.5) is 29.3 Å². The maximum Gasteiger partial charge on any atom is 0.433 e. The number of benzene rings is 5. The van der Waals surface area contributed by atoms with Crippen molar-refractivity contribution in [1.82, 2.24) is 20.9 Å². The van der Waals surface area contributed by atoms with Crippen molar-refractivity contribution in [3.8, 4) is 28.5 Å². The predicted molar refractivity (Wildman–Crippen MR) is 234 cm³/mol. The minimum Gasteiger partial charge on any atom is -0.494 e. The quantitative estimate of drug-likeness (QED) is 0.0330. The maximum atomic E-state index is 13.9. The van der Waals surface area contributed by atoms with E-state index in [-0.39, 0.29) is 54.9 Å². The summed E-state index contributed by atoms with van der Waals surface area (Å²) in [5.74, 6) is -0.821. The molecule has 1 aromatic heterocycles. The molecule has 6 aromatic rings. The first-order valence-corrected chi connectivity index (χ1v) is 20.3. The molecule has 0 spiro atoms. The van der Waals surface area contributed by atoms with Crippen LogP contribution in [0.1, 0.15) is 55.4 Å². The number of fused-ring (bicyclic) bond motifs is 3. The molecule has 0 aliphatic heterocycles. The summed E-state index contributed by atoms with van der Waals surface area (Å²) in [6, 6.07) is 36.9. The number of carbonyl (C=O) groups excluding carboxylic acids is 3. The van der Waals surface area contributed by atoms with Crippen LogP contribution < -0.4 is 25.4 Å². The van der Waals surface area contributed by atoms with Crippen LogP contribution in [0.3, 0.4) is 0 Å². The fourth-order valence-corrected chi connectivity index (χ4v) is 6.83. The highest BCUT2D eigenvalue weighted by atomic mass is 19.4. The lowest BCUT2D eigenvalue weighted by Gasteiger charge is -2.15. The van der Waals surface area contributed by atoms with Crippen LogP contribution in [-0.4, -0.2) is 55.7 Å². The molecule has 0 radical (unpaired) electrons. The summed E-state index contributed by atoms with van der Waals surface area (Å²) < 4.78 is 58.5. The van der Waals surface area contributed by atoms with Gasteiger partial charge in [0.25, 0.3) is 11.8 Å². The second kappa shape index (κ2) is 21.2. The molecule has 18 heteroatoms. The molecule has 15 nitrogen and oxygen atoms in total. The highest BCUT2D eigenvalue weighted by Gasteiger charge is 2.34. The zero-order valence-electron chi connectivity index (χ0n) is 34.5. The molecule has 65 heavy (non-hydrogen) atoms. The summed E-state index contributed by atoms with van der Waals surface area (Å²) in [6.07, 6.45) is -5.04. The van der Waals surface area contributed by atoms with E-state index in [9.17, 15) is 27.6 Å². The van der Waals surface area contributed by atoms with Crippen molar-refractivity contribution in [3.05, 3.63) is 177 Å². The average Bonchev–Trinajstić information content (AvgIpc) is 3.64. The minimum atomic E-state index is -4.83. The fourth-order valence-electron chi connectivity index (χ4n) is 6.83. The van der Waals surface area contributed by atoms with Gasteiger partial charge in [0.05, 0.1) is 18.0 Å². The predicted octanol–water partition coefficient (Wildman–Crippen LogP) is 10.6. The molecule has 1 heterocycles. The molecule has 0 unspecified atom stereocenters. The number of nitrogens with zero attached hydrogens (tertiary/aromatic N) is 6. The van der Waals surface area contributed by atoms with Crippen LogP contribution >= 0.6 is 0 Å². The van der Waals surface area contributed by atoms with Gasteiger partial charge >= 0.3 is 12.3 Å². The molecule has 3 N–H and O–H groups in total. The normalized spacial score (nSPS) is 11.8. The van der Waals surface area contributed by atoms with E-state index in [1.807, 2.05) is 48.5 Å². The zero-order chi connectivity index (χ0) is 45.6. The monoisotopic (exact) mass is 883 g/mol. The fraction of sp³-hybridized carbons (Fsp3) is 0.191.